The number of unbranched alkanes of at least 4 members (excludes halogenated alkanes) is 34. The van der Waals surface area contributed by atoms with Gasteiger partial charge in [-0.05, 0) is 0 Å². The van der Waals surface area contributed by atoms with E-state index in [1.165, 1.54) is 218 Å². The summed E-state index contributed by atoms with van der Waals surface area (Å²) in [6, 6.07) is 0. The molecule has 0 aliphatic carbocycles. The fourth-order valence-electron chi connectivity index (χ4n) is 5.80. The Labute approximate surface area is 280 Å². The molecule has 0 radical (unpaired) electrons. The summed E-state index contributed by atoms with van der Waals surface area (Å²) >= 11 is 0. The topological polar surface area (TPSA) is 0 Å². The van der Waals surface area contributed by atoms with E-state index in [-0.39, 0.29) is 23.1 Å². The Kier molecular flexibility index (Phi) is 53.7. The molecule has 0 rings (SSSR count). The summed E-state index contributed by atoms with van der Waals surface area (Å²) in [4.78, 5) is 0. The molecule has 0 aromatic carbocycles. The smallest absolute Gasteiger partial charge is 0.343 e. The SMILES string of the molecule is [CH2-]CCCCCCCCCCCCCCCCCCC.[CH2-]CCCCCCCCCCCCCCCCCCC.[Mg+2]. The fourth-order valence-corrected chi connectivity index (χ4v) is 5.80. The van der Waals surface area contributed by atoms with Gasteiger partial charge in [0, 0.05) is 0 Å². The molecule has 244 valence electrons. The first-order valence-electron chi connectivity index (χ1n) is 19.4. The third-order valence-electron chi connectivity index (χ3n) is 8.71. The van der Waals surface area contributed by atoms with Gasteiger partial charge in [-0.3, -0.25) is 0 Å². The normalized spacial score (nSPS) is 10.8. The van der Waals surface area contributed by atoms with Crippen molar-refractivity contribution in [2.45, 2.75) is 245 Å². The van der Waals surface area contributed by atoms with Crippen LogP contribution in [0.5, 0.6) is 0 Å². The molecule has 0 aliphatic rings. The minimum atomic E-state index is 0. The molecule has 0 saturated carbocycles. The molecule has 0 spiro atoms. The monoisotopic (exact) mass is 587 g/mol. The van der Waals surface area contributed by atoms with Crippen LogP contribution >= 0.6 is 0 Å². The van der Waals surface area contributed by atoms with Crippen molar-refractivity contribution in [2.24, 2.45) is 0 Å². The summed E-state index contributed by atoms with van der Waals surface area (Å²) in [5.41, 5.74) is 0. The van der Waals surface area contributed by atoms with E-state index in [2.05, 4.69) is 27.7 Å². The molecule has 0 aromatic rings. The van der Waals surface area contributed by atoms with Crippen LogP contribution in [0.4, 0.5) is 0 Å². The maximum Gasteiger partial charge on any atom is 2.00 e. The van der Waals surface area contributed by atoms with Crippen molar-refractivity contribution in [3.8, 4) is 0 Å². The van der Waals surface area contributed by atoms with Crippen molar-refractivity contribution in [3.63, 3.8) is 0 Å². The molecule has 0 amide bonds. The molecule has 41 heavy (non-hydrogen) atoms. The van der Waals surface area contributed by atoms with E-state index in [1.807, 2.05) is 0 Å². The fraction of sp³-hybridized carbons (Fsp3) is 0.950. The summed E-state index contributed by atoms with van der Waals surface area (Å²) in [5.74, 6) is 0. The van der Waals surface area contributed by atoms with Crippen LogP contribution in [0.15, 0.2) is 0 Å². The molecule has 0 aliphatic heterocycles. The average molecular weight is 587 g/mol. The molecular formula is C40H82Mg. The Morgan fingerprint density at radius 1 is 0.220 bits per heavy atom. The van der Waals surface area contributed by atoms with Crippen LogP contribution in [0.3, 0.4) is 0 Å². The first kappa shape index (κ1) is 46.2. The van der Waals surface area contributed by atoms with Crippen molar-refractivity contribution >= 4 is 23.1 Å². The second-order valence-corrected chi connectivity index (χ2v) is 13.0. The first-order chi connectivity index (χ1) is 19.8. The van der Waals surface area contributed by atoms with E-state index in [4.69, 9.17) is 0 Å². The minimum absolute atomic E-state index is 0. The van der Waals surface area contributed by atoms with Gasteiger partial charge in [0.25, 0.3) is 0 Å². The third kappa shape index (κ3) is 50.7. The zero-order valence-corrected chi connectivity index (χ0v) is 31.0. The van der Waals surface area contributed by atoms with Crippen LogP contribution in [0.2, 0.25) is 0 Å². The molecule has 0 atom stereocenters. The van der Waals surface area contributed by atoms with Crippen LogP contribution in [-0.2, 0) is 0 Å². The zero-order chi connectivity index (χ0) is 29.5. The van der Waals surface area contributed by atoms with E-state index in [9.17, 15) is 0 Å². The summed E-state index contributed by atoms with van der Waals surface area (Å²) in [5, 5.41) is 0. The quantitative estimate of drug-likeness (QED) is 0.0399. The Bertz CT molecular complexity index is 307. The molecule has 0 heterocycles. The zero-order valence-electron chi connectivity index (χ0n) is 29.6. The van der Waals surface area contributed by atoms with Gasteiger partial charge in [-0.1, -0.05) is 232 Å². The standard InChI is InChI=1S/2C20H41.Mg/c2*1-3-5-7-9-11-13-15-17-19-20-18-16-14-12-10-8-6-4-2;/h2*1,3-20H2,2H3;/q2*-1;+2. The maximum atomic E-state index is 3.89. The number of hydrogen-bond donors (Lipinski definition) is 0. The largest absolute Gasteiger partial charge is 2.00 e. The average Bonchev–Trinajstić information content (AvgIpc) is 2.97. The second kappa shape index (κ2) is 47.7. The van der Waals surface area contributed by atoms with Crippen LogP contribution in [0.1, 0.15) is 245 Å². The maximum absolute atomic E-state index is 3.89. The molecule has 0 nitrogen and oxygen atoms in total. The predicted molar refractivity (Wildman–Crippen MR) is 194 cm³/mol. The Hall–Kier alpha value is 0.766. The summed E-state index contributed by atoms with van der Waals surface area (Å²) in [6.07, 6.45) is 51.6. The van der Waals surface area contributed by atoms with Gasteiger partial charge in [-0.25, -0.2) is 0 Å². The van der Waals surface area contributed by atoms with Crippen LogP contribution < -0.4 is 0 Å². The summed E-state index contributed by atoms with van der Waals surface area (Å²) in [7, 11) is 0. The molecule has 1 heteroatoms. The molecule has 0 aromatic heterocycles. The van der Waals surface area contributed by atoms with Crippen LogP contribution in [0.25, 0.3) is 0 Å². The van der Waals surface area contributed by atoms with Crippen molar-refractivity contribution < 1.29 is 0 Å². The van der Waals surface area contributed by atoms with Gasteiger partial charge in [0.2, 0.25) is 0 Å². The molecule has 0 bridgehead atoms. The van der Waals surface area contributed by atoms with Crippen molar-refractivity contribution in [2.75, 3.05) is 0 Å². The van der Waals surface area contributed by atoms with Gasteiger partial charge in [0.1, 0.15) is 0 Å². The van der Waals surface area contributed by atoms with E-state index >= 15 is 0 Å². The Balaban J connectivity index is -0.000000688. The molecule has 0 fully saturated rings. The van der Waals surface area contributed by atoms with Crippen LogP contribution in [-0.4, -0.2) is 23.1 Å². The van der Waals surface area contributed by atoms with E-state index in [1.54, 1.807) is 0 Å². The van der Waals surface area contributed by atoms with Gasteiger partial charge in [0.05, 0.1) is 0 Å². The predicted octanol–water partition coefficient (Wildman–Crippen LogP) is 15.3. The van der Waals surface area contributed by atoms with Gasteiger partial charge in [-0.15, -0.1) is 0 Å². The van der Waals surface area contributed by atoms with E-state index < -0.39 is 0 Å². The van der Waals surface area contributed by atoms with Gasteiger partial charge in [0.15, 0.2) is 0 Å². The molecule has 0 unspecified atom stereocenters. The molecule has 0 saturated heterocycles. The van der Waals surface area contributed by atoms with Crippen LogP contribution in [0, 0.1) is 13.8 Å². The number of rotatable bonds is 34. The van der Waals surface area contributed by atoms with Crippen molar-refractivity contribution in [1.29, 1.82) is 0 Å². The summed E-state index contributed by atoms with van der Waals surface area (Å²) in [6.45, 7) is 12.4. The van der Waals surface area contributed by atoms with Gasteiger partial charge >= 0.3 is 23.1 Å². The van der Waals surface area contributed by atoms with E-state index in [0.29, 0.717) is 0 Å². The molecular weight excluding hydrogens is 505 g/mol. The van der Waals surface area contributed by atoms with E-state index in [0.717, 1.165) is 12.8 Å². The first-order valence-corrected chi connectivity index (χ1v) is 19.4. The van der Waals surface area contributed by atoms with Crippen molar-refractivity contribution in [3.05, 3.63) is 13.8 Å². The van der Waals surface area contributed by atoms with Gasteiger partial charge in [-0.2, -0.15) is 12.8 Å². The third-order valence-corrected chi connectivity index (χ3v) is 8.71. The summed E-state index contributed by atoms with van der Waals surface area (Å²) < 4.78 is 0. The Morgan fingerprint density at radius 2 is 0.341 bits per heavy atom. The number of hydrogen-bond acceptors (Lipinski definition) is 0. The van der Waals surface area contributed by atoms with Gasteiger partial charge < -0.3 is 13.8 Å². The van der Waals surface area contributed by atoms with Crippen molar-refractivity contribution in [1.82, 2.24) is 0 Å². The second-order valence-electron chi connectivity index (χ2n) is 13.0. The minimum Gasteiger partial charge on any atom is -0.343 e. The Morgan fingerprint density at radius 3 is 0.463 bits per heavy atom. The molecule has 0 N–H and O–H groups in total.